The van der Waals surface area contributed by atoms with Gasteiger partial charge in [0.1, 0.15) is 42.4 Å². The molecular formula is C112H139F3N10O13S8. The molecule has 23 nitrogen and oxygen atoms in total. The Bertz CT molecular complexity index is 6310. The molecular weight excluding hydrogens is 2010 g/mol. The van der Waals surface area contributed by atoms with Crippen molar-refractivity contribution in [3.63, 3.8) is 0 Å². The van der Waals surface area contributed by atoms with Gasteiger partial charge in [-0.3, -0.25) is 33.9 Å². The van der Waals surface area contributed by atoms with Crippen LogP contribution >= 0.6 is 90.7 Å². The number of unbranched alkanes of at least 4 members (excludes halogenated alkanes) is 4. The molecule has 146 heavy (non-hydrogen) atoms. The van der Waals surface area contributed by atoms with Crippen molar-refractivity contribution in [3.05, 3.63) is 171 Å². The smallest absolute Gasteiger partial charge is 0.418 e. The number of nitrogens with one attached hydrogen (secondary N) is 4. The number of alkyl halides is 3. The van der Waals surface area contributed by atoms with Crippen LogP contribution in [0.15, 0.2) is 109 Å². The number of thiophene rings is 4. The summed E-state index contributed by atoms with van der Waals surface area (Å²) in [7, 11) is 1.67. The van der Waals surface area contributed by atoms with Crippen LogP contribution in [0.1, 0.15) is 219 Å². The van der Waals surface area contributed by atoms with Crippen molar-refractivity contribution >= 4 is 166 Å². The second kappa shape index (κ2) is 57.8. The highest BCUT2D eigenvalue weighted by Gasteiger charge is 2.38. The zero-order valence-corrected chi connectivity index (χ0v) is 91.5. The Morgan fingerprint density at radius 3 is 1.42 bits per heavy atom. The number of hydrogen-bond acceptors (Lipinski definition) is 30. The van der Waals surface area contributed by atoms with Crippen LogP contribution in [0.3, 0.4) is 0 Å². The number of fused-ring (bicyclic) bond motifs is 8. The van der Waals surface area contributed by atoms with Gasteiger partial charge in [-0.05, 0) is 209 Å². The number of benzene rings is 4. The number of nitrogens with zero attached hydrogens (tertiary/aromatic N) is 6. The van der Waals surface area contributed by atoms with Crippen molar-refractivity contribution in [3.8, 4) is 53.4 Å². The van der Waals surface area contributed by atoms with E-state index in [0.717, 1.165) is 229 Å². The highest BCUT2D eigenvalue weighted by molar-refractivity contribution is 7.24. The van der Waals surface area contributed by atoms with E-state index in [-0.39, 0.29) is 29.6 Å². The minimum atomic E-state index is -4.45. The van der Waals surface area contributed by atoms with E-state index in [4.69, 9.17) is 52.8 Å². The Labute approximate surface area is 887 Å². The number of anilines is 1. The second-order valence-electron chi connectivity index (χ2n) is 37.8. The summed E-state index contributed by atoms with van der Waals surface area (Å²) in [6, 6.07) is 32.1. The van der Waals surface area contributed by atoms with E-state index in [1.165, 1.54) is 109 Å². The van der Waals surface area contributed by atoms with Crippen LogP contribution in [-0.2, 0) is 139 Å². The number of ketones is 3. The molecule has 1 aliphatic carbocycles. The molecule has 5 aliphatic rings. The molecule has 1 saturated carbocycles. The fraction of sp³-hybridized carbons (Fsp3) is 0.518. The molecule has 784 valence electrons. The number of amides is 1. The summed E-state index contributed by atoms with van der Waals surface area (Å²) < 4.78 is 87.4. The Morgan fingerprint density at radius 1 is 0.445 bits per heavy atom. The summed E-state index contributed by atoms with van der Waals surface area (Å²) in [5.41, 5.74) is 14.5. The monoisotopic (exact) mass is 2150 g/mol. The first-order valence-electron chi connectivity index (χ1n) is 52.1. The molecule has 18 rings (SSSR count). The third-order valence-corrected chi connectivity index (χ3v) is 35.9. The lowest BCUT2D eigenvalue weighted by Crippen LogP contribution is -2.31. The number of halogens is 3. The van der Waals surface area contributed by atoms with Gasteiger partial charge in [0, 0.05) is 173 Å². The van der Waals surface area contributed by atoms with Crippen molar-refractivity contribution in [2.24, 2.45) is 11.8 Å². The van der Waals surface area contributed by atoms with Crippen LogP contribution in [0.2, 0.25) is 0 Å². The number of hydrogen-bond donors (Lipinski definition) is 4. The Balaban J connectivity index is 0.000000149. The standard InChI is InChI=1S/C36H52N2O9S2.C31H35N3OS2.C23H25F3N2O2S2.C22H27N3OS2/c1-2-47-34(40)12-15-42-17-19-44-21-23-46-25-24-45-22-20-43-18-16-41-14-7-3-4-8-28(39)26-32-35(29-11-13-37-27-33(29)48-32)36-38-30-9-5-6-10-31(30)49-36;1-3-20(2)5-4-6-24(35)18-28-30(25-13-16-34(23-8-9-23)19-29(25)36-28)31-33-26-17-22(7-10-27(26)37-31)21-11-14-32-15-12-21;1-30-11-4-2-3-6-14(29)12-18-20(15-9-10-27-13-19(15)31-18)22-28-21-16(23(24,25)26)7-5-8-17(21)32-22;1-3-14(2)7-6-10-19(26)25-22-20(15-11-12-23-13-18(15)28-22)21-24-16-8-4-5-9-17(16)27-21/h5-6,9-10,37H,2-4,7-8,11-27H2,1H3;7,10-12,14-15,17,20,23H,3-6,8-9,13,16,18-19H2,1-2H3;5,7-8,27H,2-4,6,9-13H2,1H3;4-5,8-9,14,23H,3,6-7,10-13H2,1-2H3,(H,25,26)/t;20-;;/m.0../s1/i;;;25+1. The predicted octanol–water partition coefficient (Wildman–Crippen LogP) is 25.2. The summed E-state index contributed by atoms with van der Waals surface area (Å²) in [5, 5.41) is 18.2. The number of carbonyl (C=O) groups excluding carboxylic acids is 5. The lowest BCUT2D eigenvalue weighted by Gasteiger charge is -2.26. The van der Waals surface area contributed by atoms with Gasteiger partial charge in [-0.1, -0.05) is 103 Å². The predicted molar refractivity (Wildman–Crippen MR) is 590 cm³/mol. The summed E-state index contributed by atoms with van der Waals surface area (Å²) in [6.07, 6.45) is 21.7. The van der Waals surface area contributed by atoms with E-state index < -0.39 is 11.7 Å². The normalized spacial score (nSPS) is 14.5. The first-order valence-corrected chi connectivity index (χ1v) is 58.7. The van der Waals surface area contributed by atoms with Crippen molar-refractivity contribution < 1.29 is 75.0 Å². The van der Waals surface area contributed by atoms with Crippen LogP contribution in [0.25, 0.3) is 94.3 Å². The molecule has 0 bridgehead atoms. The molecule has 1 unspecified atom stereocenters. The van der Waals surface area contributed by atoms with Gasteiger partial charge in [0.25, 0.3) is 0 Å². The summed E-state index contributed by atoms with van der Waals surface area (Å²) in [5.74, 6) is 2.10. The SMILES string of the molecule is CCC(C)CCCC(=O)[15NH]c1sc2c(c1-c1nc3ccccc3s1)CCNC2.CCOC(=O)CCOCCOCCOCCOCCOCCOCCCCCC(=O)Cc1sc2c(c1-c1nc3ccccc3s1)CCNC2.CC[C@H](C)CCCC(=O)Cc1sc2c(c1-c1nc3cc(-c4ccncc4)ccc3s1)CCN(C1CC1)C2.COCCCCCC(=O)Cc1sc2c(c1-c1nc3c(C(F)(F)F)cccc3s1)CCNC2. The molecule has 4 aromatic carbocycles. The van der Waals surface area contributed by atoms with Crippen LogP contribution in [-0.4, -0.2) is 191 Å². The molecule has 2 atom stereocenters. The number of Topliss-reactive ketones (excluding diaryl/α,β-unsaturated/α-hetero) is 3. The Morgan fingerprint density at radius 2 is 0.897 bits per heavy atom. The van der Waals surface area contributed by atoms with Crippen molar-refractivity contribution in [2.45, 2.75) is 240 Å². The largest absolute Gasteiger partial charge is 0.466 e. The lowest BCUT2D eigenvalue weighted by molar-refractivity contribution is -0.144. The fourth-order valence-corrected chi connectivity index (χ4v) is 28.3. The van der Waals surface area contributed by atoms with Crippen LogP contribution < -0.4 is 21.3 Å². The maximum absolute atomic E-state index is 13.5. The summed E-state index contributed by atoms with van der Waals surface area (Å²) in [4.78, 5) is 97.5. The molecule has 34 heteroatoms. The number of ether oxygens (including phenoxy) is 8. The number of pyridine rings is 1. The quantitative estimate of drug-likeness (QED) is 0.0157. The molecule has 1 amide bonds. The molecule has 0 saturated heterocycles. The Kier molecular flexibility index (Phi) is 44.3. The van der Waals surface area contributed by atoms with Gasteiger partial charge in [-0.15, -0.1) is 90.7 Å². The minimum absolute atomic E-state index is 0.00990. The second-order valence-corrected chi connectivity index (χ2v) is 46.6. The van der Waals surface area contributed by atoms with Gasteiger partial charge in [-0.2, -0.15) is 13.2 Å². The van der Waals surface area contributed by atoms with Crippen molar-refractivity contribution in [1.29, 1.82) is 0 Å². The number of esters is 1. The molecule has 4 aliphatic heterocycles. The average molecular weight is 2150 g/mol. The van der Waals surface area contributed by atoms with Gasteiger partial charge < -0.3 is 59.2 Å². The van der Waals surface area contributed by atoms with Crippen LogP contribution in [0, 0.1) is 11.8 Å². The van der Waals surface area contributed by atoms with E-state index in [1.807, 2.05) is 48.0 Å². The number of para-hydroxylation sites is 3. The molecule has 13 aromatic rings. The highest BCUT2D eigenvalue weighted by atomic mass is 32.1. The zero-order chi connectivity index (χ0) is 102. The summed E-state index contributed by atoms with van der Waals surface area (Å²) in [6.45, 7) is 25.2. The minimum Gasteiger partial charge on any atom is -0.466 e. The third-order valence-electron chi connectivity index (χ3n) is 26.9. The fourth-order valence-electron chi connectivity index (χ4n) is 18.5. The van der Waals surface area contributed by atoms with Crippen molar-refractivity contribution in [2.75, 3.05) is 131 Å². The van der Waals surface area contributed by atoms with Gasteiger partial charge in [-0.25, -0.2) is 19.9 Å². The van der Waals surface area contributed by atoms with E-state index >= 15 is 0 Å². The maximum Gasteiger partial charge on any atom is 0.418 e. The van der Waals surface area contributed by atoms with Gasteiger partial charge >= 0.3 is 12.1 Å². The lowest BCUT2D eigenvalue weighted by atomic mass is 9.97. The maximum atomic E-state index is 13.5. The third kappa shape index (κ3) is 32.4. The van der Waals surface area contributed by atoms with E-state index in [9.17, 15) is 37.1 Å². The highest BCUT2D eigenvalue weighted by Crippen LogP contribution is 2.50. The van der Waals surface area contributed by atoms with Crippen LogP contribution in [0.4, 0.5) is 18.2 Å². The average Bonchev–Trinajstić information content (AvgIpc) is 1.60. The van der Waals surface area contributed by atoms with E-state index in [2.05, 4.69) is 118 Å². The topological polar surface area (TPSA) is 275 Å². The number of thiazole rings is 4. The van der Waals surface area contributed by atoms with Crippen molar-refractivity contribution in [1.82, 2.24) is 45.8 Å². The molecule has 0 radical (unpaired) electrons. The molecule has 4 N–H and O–H groups in total. The van der Waals surface area contributed by atoms with Gasteiger partial charge in [0.2, 0.25) is 5.91 Å². The number of rotatable bonds is 54. The van der Waals surface area contributed by atoms with E-state index in [0.29, 0.717) is 171 Å². The molecule has 0 spiro atoms. The number of methoxy groups -OCH3 is 1. The van der Waals surface area contributed by atoms with Gasteiger partial charge in [0.15, 0.2) is 0 Å². The van der Waals surface area contributed by atoms with Crippen LogP contribution in [0.5, 0.6) is 0 Å². The van der Waals surface area contributed by atoms with Gasteiger partial charge in [0.05, 0.1) is 132 Å². The zero-order valence-electron chi connectivity index (χ0n) is 85.0. The summed E-state index contributed by atoms with van der Waals surface area (Å²) >= 11 is 13.5. The molecule has 9 aromatic heterocycles. The first-order chi connectivity index (χ1) is 71.3. The first kappa shape index (κ1) is 112. The van der Waals surface area contributed by atoms with E-state index in [1.54, 1.807) is 88.1 Å². The molecule has 1 fully saturated rings. The number of carbonyl (C=O) groups is 5. The number of aromatic nitrogens is 5. The Hall–Kier alpha value is -8.31. The molecule has 13 heterocycles.